The number of carboxylic acid groups (broad SMARTS) is 1. The van der Waals surface area contributed by atoms with Gasteiger partial charge < -0.3 is 25.2 Å². The highest BCUT2D eigenvalue weighted by Gasteiger charge is 2.23. The van der Waals surface area contributed by atoms with Crippen LogP contribution in [0.5, 0.6) is 5.88 Å². The second kappa shape index (κ2) is 12.2. The van der Waals surface area contributed by atoms with Crippen LogP contribution in [0, 0.1) is 11.8 Å². The van der Waals surface area contributed by atoms with Crippen LogP contribution in [0.3, 0.4) is 0 Å². The largest absolute Gasteiger partial charge is 0.474 e. The summed E-state index contributed by atoms with van der Waals surface area (Å²) in [6.07, 6.45) is 6.48. The molecule has 2 amide bonds. The summed E-state index contributed by atoms with van der Waals surface area (Å²) in [5, 5.41) is 15.2. The summed E-state index contributed by atoms with van der Waals surface area (Å²) in [5.74, 6) is 1.21. The van der Waals surface area contributed by atoms with Gasteiger partial charge in [0, 0.05) is 49.1 Å². The average molecular weight is 519 g/mol. The molecule has 2 fully saturated rings. The minimum atomic E-state index is -0.974. The molecule has 0 unspecified atom stereocenters. The number of benzene rings is 1. The van der Waals surface area contributed by atoms with Gasteiger partial charge in [0.25, 0.3) is 5.91 Å². The number of aromatic nitrogens is 2. The van der Waals surface area contributed by atoms with Crippen LogP contribution in [0.4, 0.5) is 4.79 Å². The molecular weight excluding hydrogens is 484 g/mol. The third-order valence-electron chi connectivity index (χ3n) is 7.51. The number of nitrogens with one attached hydrogen (secondary N) is 2. The fourth-order valence-electron chi connectivity index (χ4n) is 5.28. The summed E-state index contributed by atoms with van der Waals surface area (Å²) >= 11 is 0. The quantitative estimate of drug-likeness (QED) is 0.396. The van der Waals surface area contributed by atoms with Crippen LogP contribution in [0.2, 0.25) is 0 Å². The summed E-state index contributed by atoms with van der Waals surface area (Å²) in [4.78, 5) is 33.4. The van der Waals surface area contributed by atoms with Gasteiger partial charge in [-0.1, -0.05) is 18.2 Å². The molecule has 0 radical (unpaired) electrons. The average Bonchev–Trinajstić information content (AvgIpc) is 2.95. The fraction of sp³-hybridized carbons (Fsp3) is 0.448. The maximum Gasteiger partial charge on any atom is 0.404 e. The zero-order chi connectivity index (χ0) is 26.3. The summed E-state index contributed by atoms with van der Waals surface area (Å²) in [6.45, 7) is 2.52. The molecule has 0 spiro atoms. The lowest BCUT2D eigenvalue weighted by Gasteiger charge is -2.28. The molecule has 2 aliphatic rings. The number of fused-ring (bicyclic) bond motifs is 1. The Bertz CT molecular complexity index is 1250. The molecule has 1 aromatic carbocycles. The Kier molecular flexibility index (Phi) is 8.33. The third-order valence-corrected chi connectivity index (χ3v) is 7.51. The van der Waals surface area contributed by atoms with Gasteiger partial charge >= 0.3 is 6.09 Å². The smallest absolute Gasteiger partial charge is 0.404 e. The number of hydrogen-bond acceptors (Lipinski definition) is 6. The second-order valence-electron chi connectivity index (χ2n) is 10.2. The van der Waals surface area contributed by atoms with E-state index in [9.17, 15) is 9.59 Å². The van der Waals surface area contributed by atoms with Crippen molar-refractivity contribution >= 4 is 22.9 Å². The van der Waals surface area contributed by atoms with Crippen LogP contribution in [0.1, 0.15) is 48.9 Å². The summed E-state index contributed by atoms with van der Waals surface area (Å²) in [5.41, 5.74) is 2.85. The van der Waals surface area contributed by atoms with Crippen LogP contribution in [-0.2, 0) is 4.74 Å². The number of hydrogen-bond donors (Lipinski definition) is 3. The number of nitrogens with zero attached hydrogens (tertiary/aromatic N) is 2. The Morgan fingerprint density at radius 2 is 1.66 bits per heavy atom. The third kappa shape index (κ3) is 6.58. The van der Waals surface area contributed by atoms with E-state index in [1.165, 1.54) is 0 Å². The van der Waals surface area contributed by atoms with Crippen LogP contribution in [0.25, 0.3) is 22.2 Å². The fourth-order valence-corrected chi connectivity index (χ4v) is 5.28. The molecule has 5 rings (SSSR count). The SMILES string of the molecule is O=C(O)NC[C@H]1CC[C@H](CNC(=O)c2cc(-c3ccc(OC4CCOCC4)nc3)nc3ccccc23)CC1. The number of ether oxygens (including phenoxy) is 2. The molecule has 1 saturated carbocycles. The molecule has 3 aromatic rings. The predicted molar refractivity (Wildman–Crippen MR) is 143 cm³/mol. The topological polar surface area (TPSA) is 123 Å². The molecule has 2 aromatic heterocycles. The summed E-state index contributed by atoms with van der Waals surface area (Å²) in [6, 6.07) is 13.3. The monoisotopic (exact) mass is 518 g/mol. The molecule has 3 N–H and O–H groups in total. The molecule has 0 bridgehead atoms. The Balaban J connectivity index is 1.25. The molecule has 9 heteroatoms. The van der Waals surface area contributed by atoms with E-state index in [1.807, 2.05) is 42.5 Å². The van der Waals surface area contributed by atoms with Gasteiger partial charge in [0.2, 0.25) is 5.88 Å². The Morgan fingerprint density at radius 3 is 2.34 bits per heavy atom. The first-order valence-electron chi connectivity index (χ1n) is 13.4. The first-order valence-corrected chi connectivity index (χ1v) is 13.4. The number of carbonyl (C=O) groups excluding carboxylic acids is 1. The first-order chi connectivity index (χ1) is 18.5. The highest BCUT2D eigenvalue weighted by Crippen LogP contribution is 2.29. The molecule has 0 atom stereocenters. The maximum absolute atomic E-state index is 13.3. The van der Waals surface area contributed by atoms with Gasteiger partial charge in [-0.2, -0.15) is 0 Å². The van der Waals surface area contributed by atoms with Gasteiger partial charge in [0.15, 0.2) is 0 Å². The Hall–Kier alpha value is -3.72. The van der Waals surface area contributed by atoms with Crippen molar-refractivity contribution in [3.8, 4) is 17.1 Å². The number of para-hydroxylation sites is 1. The molecule has 1 saturated heterocycles. The Morgan fingerprint density at radius 1 is 0.947 bits per heavy atom. The van der Waals surface area contributed by atoms with Crippen LogP contribution >= 0.6 is 0 Å². The van der Waals surface area contributed by atoms with Gasteiger partial charge in [0.05, 0.1) is 30.0 Å². The van der Waals surface area contributed by atoms with Crippen LogP contribution in [0.15, 0.2) is 48.7 Å². The Labute approximate surface area is 222 Å². The van der Waals surface area contributed by atoms with Crippen molar-refractivity contribution in [2.24, 2.45) is 11.8 Å². The van der Waals surface area contributed by atoms with E-state index < -0.39 is 6.09 Å². The van der Waals surface area contributed by atoms with Gasteiger partial charge in [-0.3, -0.25) is 4.79 Å². The standard InChI is InChI=1S/C29H34N4O5/c34-28(31-16-19-5-7-20(8-6-19)17-32-29(35)36)24-15-26(33-25-4-2-1-3-23(24)25)21-9-10-27(30-18-21)38-22-11-13-37-14-12-22/h1-4,9-10,15,18-20,22,32H,5-8,11-14,16-17H2,(H,31,34)(H,35,36)/t19-,20-. The summed E-state index contributed by atoms with van der Waals surface area (Å²) in [7, 11) is 0. The minimum Gasteiger partial charge on any atom is -0.474 e. The molecule has 3 heterocycles. The van der Waals surface area contributed by atoms with E-state index in [0.717, 1.165) is 55.0 Å². The molecule has 1 aliphatic heterocycles. The lowest BCUT2D eigenvalue weighted by molar-refractivity contribution is 0.0237. The number of carbonyl (C=O) groups is 2. The van der Waals surface area contributed by atoms with Gasteiger partial charge in [-0.05, 0) is 55.7 Å². The van der Waals surface area contributed by atoms with E-state index in [4.69, 9.17) is 19.6 Å². The number of rotatable bonds is 8. The van der Waals surface area contributed by atoms with E-state index in [-0.39, 0.29) is 12.0 Å². The highest BCUT2D eigenvalue weighted by atomic mass is 16.5. The van der Waals surface area contributed by atoms with Crippen molar-refractivity contribution in [3.63, 3.8) is 0 Å². The highest BCUT2D eigenvalue weighted by molar-refractivity contribution is 6.07. The normalized spacial score (nSPS) is 20.1. The maximum atomic E-state index is 13.3. The van der Waals surface area contributed by atoms with Crippen molar-refractivity contribution in [3.05, 3.63) is 54.2 Å². The lowest BCUT2D eigenvalue weighted by Crippen LogP contribution is -2.34. The molecule has 200 valence electrons. The van der Waals surface area contributed by atoms with Crippen molar-refractivity contribution in [2.75, 3.05) is 26.3 Å². The number of pyridine rings is 2. The molecule has 38 heavy (non-hydrogen) atoms. The van der Waals surface area contributed by atoms with E-state index in [1.54, 1.807) is 6.20 Å². The van der Waals surface area contributed by atoms with Crippen molar-refractivity contribution in [2.45, 2.75) is 44.6 Å². The van der Waals surface area contributed by atoms with Gasteiger partial charge in [-0.25, -0.2) is 14.8 Å². The zero-order valence-electron chi connectivity index (χ0n) is 21.4. The molecule has 1 aliphatic carbocycles. The van der Waals surface area contributed by atoms with Crippen molar-refractivity contribution in [1.82, 2.24) is 20.6 Å². The zero-order valence-corrected chi connectivity index (χ0v) is 21.4. The van der Waals surface area contributed by atoms with E-state index in [2.05, 4.69) is 15.6 Å². The van der Waals surface area contributed by atoms with Crippen molar-refractivity contribution in [1.29, 1.82) is 0 Å². The number of amides is 2. The lowest BCUT2D eigenvalue weighted by atomic mass is 9.82. The minimum absolute atomic E-state index is 0.118. The van der Waals surface area contributed by atoms with Gasteiger partial charge in [-0.15, -0.1) is 0 Å². The van der Waals surface area contributed by atoms with Crippen LogP contribution < -0.4 is 15.4 Å². The van der Waals surface area contributed by atoms with E-state index >= 15 is 0 Å². The van der Waals surface area contributed by atoms with Crippen LogP contribution in [-0.4, -0.2) is 59.5 Å². The van der Waals surface area contributed by atoms with Gasteiger partial charge in [0.1, 0.15) is 6.10 Å². The predicted octanol–water partition coefficient (Wildman–Crippen LogP) is 4.66. The molecule has 9 nitrogen and oxygen atoms in total. The second-order valence-corrected chi connectivity index (χ2v) is 10.2. The van der Waals surface area contributed by atoms with Crippen molar-refractivity contribution < 1.29 is 24.2 Å². The van der Waals surface area contributed by atoms with E-state index in [0.29, 0.717) is 55.3 Å². The molecular formula is C29H34N4O5. The first kappa shape index (κ1) is 25.9. The summed E-state index contributed by atoms with van der Waals surface area (Å²) < 4.78 is 11.4.